The first-order valence-corrected chi connectivity index (χ1v) is 10.1. The summed E-state index contributed by atoms with van der Waals surface area (Å²) in [5.41, 5.74) is 0. The van der Waals surface area contributed by atoms with Gasteiger partial charge < -0.3 is 14.5 Å². The zero-order valence-electron chi connectivity index (χ0n) is 14.7. The van der Waals surface area contributed by atoms with E-state index in [0.29, 0.717) is 39.4 Å². The molecule has 8 heteroatoms. The van der Waals surface area contributed by atoms with Crippen molar-refractivity contribution in [1.29, 1.82) is 0 Å². The van der Waals surface area contributed by atoms with E-state index in [0.717, 1.165) is 0 Å². The van der Waals surface area contributed by atoms with E-state index < -0.39 is 16.2 Å². The molecular weight excluding hydrogens is 342 g/mol. The van der Waals surface area contributed by atoms with Crippen molar-refractivity contribution in [2.75, 3.05) is 39.4 Å². The standard InChI is InChI=1S/C17H25N3O4S/c1-14(2)16-19(17(21)18-10-12-24-13-11-18)8-9-20(16)25(22,23)15-6-4-3-5-7-15/h3-7,14,16H,8-13H2,1-2H3/t16-/m0/s1. The summed E-state index contributed by atoms with van der Waals surface area (Å²) in [6, 6.07) is 8.30. The molecule has 1 aromatic rings. The molecule has 138 valence electrons. The monoisotopic (exact) mass is 367 g/mol. The predicted octanol–water partition coefficient (Wildman–Crippen LogP) is 1.43. The summed E-state index contributed by atoms with van der Waals surface area (Å²) in [5, 5.41) is 0. The van der Waals surface area contributed by atoms with Gasteiger partial charge in [-0.25, -0.2) is 13.2 Å². The summed E-state index contributed by atoms with van der Waals surface area (Å²) in [5.74, 6) is -0.00835. The molecule has 0 aromatic heterocycles. The quantitative estimate of drug-likeness (QED) is 0.810. The molecule has 2 heterocycles. The lowest BCUT2D eigenvalue weighted by atomic mass is 10.1. The molecule has 3 rings (SSSR count). The van der Waals surface area contributed by atoms with Crippen LogP contribution in [0.25, 0.3) is 0 Å². The van der Waals surface area contributed by atoms with Crippen LogP contribution in [0.2, 0.25) is 0 Å². The van der Waals surface area contributed by atoms with Crippen LogP contribution in [0.5, 0.6) is 0 Å². The summed E-state index contributed by atoms with van der Waals surface area (Å²) in [7, 11) is -3.63. The molecule has 2 aliphatic rings. The lowest BCUT2D eigenvalue weighted by molar-refractivity contribution is 0.0370. The normalized spacial score (nSPS) is 22.6. The van der Waals surface area contributed by atoms with E-state index in [9.17, 15) is 13.2 Å². The van der Waals surface area contributed by atoms with Crippen LogP contribution in [-0.4, -0.2) is 74.1 Å². The Morgan fingerprint density at radius 3 is 2.32 bits per heavy atom. The highest BCUT2D eigenvalue weighted by Gasteiger charge is 2.44. The Kier molecular flexibility index (Phi) is 5.31. The maximum Gasteiger partial charge on any atom is 0.321 e. The molecule has 1 atom stereocenters. The Balaban J connectivity index is 1.86. The van der Waals surface area contributed by atoms with E-state index >= 15 is 0 Å². The highest BCUT2D eigenvalue weighted by Crippen LogP contribution is 2.29. The van der Waals surface area contributed by atoms with Gasteiger partial charge in [0.05, 0.1) is 18.1 Å². The van der Waals surface area contributed by atoms with Crippen molar-refractivity contribution >= 4 is 16.1 Å². The van der Waals surface area contributed by atoms with Gasteiger partial charge in [-0.3, -0.25) is 0 Å². The number of hydrogen-bond donors (Lipinski definition) is 0. The lowest BCUT2D eigenvalue weighted by Crippen LogP contribution is -2.53. The number of carbonyl (C=O) groups excluding carboxylic acids is 1. The van der Waals surface area contributed by atoms with Gasteiger partial charge in [-0.15, -0.1) is 0 Å². The van der Waals surface area contributed by atoms with Gasteiger partial charge in [0.15, 0.2) is 0 Å². The van der Waals surface area contributed by atoms with E-state index in [-0.39, 0.29) is 16.8 Å². The van der Waals surface area contributed by atoms with Gasteiger partial charge in [0, 0.05) is 26.2 Å². The Morgan fingerprint density at radius 1 is 1.08 bits per heavy atom. The number of hydrogen-bond acceptors (Lipinski definition) is 4. The van der Waals surface area contributed by atoms with Gasteiger partial charge in [-0.1, -0.05) is 32.0 Å². The molecule has 2 fully saturated rings. The summed E-state index contributed by atoms with van der Waals surface area (Å²) in [6.45, 7) is 6.76. The van der Waals surface area contributed by atoms with Crippen molar-refractivity contribution in [3.8, 4) is 0 Å². The third-order valence-electron chi connectivity index (χ3n) is 4.65. The van der Waals surface area contributed by atoms with Crippen LogP contribution >= 0.6 is 0 Å². The number of carbonyl (C=O) groups is 1. The van der Waals surface area contributed by atoms with Crippen LogP contribution in [0.1, 0.15) is 13.8 Å². The summed E-state index contributed by atoms with van der Waals surface area (Å²) in [4.78, 5) is 16.6. The first kappa shape index (κ1) is 18.2. The Morgan fingerprint density at radius 2 is 1.72 bits per heavy atom. The second kappa shape index (κ2) is 7.31. The van der Waals surface area contributed by atoms with Crippen LogP contribution in [0.4, 0.5) is 4.79 Å². The summed E-state index contributed by atoms with van der Waals surface area (Å²) < 4.78 is 32.9. The summed E-state index contributed by atoms with van der Waals surface area (Å²) >= 11 is 0. The van der Waals surface area contributed by atoms with E-state index in [4.69, 9.17) is 4.74 Å². The number of sulfonamides is 1. The van der Waals surface area contributed by atoms with E-state index in [1.165, 1.54) is 4.31 Å². The Bertz CT molecular complexity index is 702. The molecule has 0 saturated carbocycles. The van der Waals surface area contributed by atoms with Gasteiger partial charge in [0.25, 0.3) is 0 Å². The fourth-order valence-electron chi connectivity index (χ4n) is 3.45. The molecule has 7 nitrogen and oxygen atoms in total. The third kappa shape index (κ3) is 3.51. The maximum absolute atomic E-state index is 13.0. The minimum absolute atomic E-state index is 0.00835. The van der Waals surface area contributed by atoms with Crippen molar-refractivity contribution in [2.45, 2.75) is 24.9 Å². The predicted molar refractivity (Wildman–Crippen MR) is 93.5 cm³/mol. The molecular formula is C17H25N3O4S. The topological polar surface area (TPSA) is 70.2 Å². The van der Waals surface area contributed by atoms with Gasteiger partial charge in [-0.05, 0) is 18.1 Å². The number of urea groups is 1. The Labute approximate surface area is 149 Å². The fraction of sp³-hybridized carbons (Fsp3) is 0.588. The number of rotatable bonds is 3. The first-order valence-electron chi connectivity index (χ1n) is 8.63. The number of morpholine rings is 1. The molecule has 2 amide bonds. The van der Waals surface area contributed by atoms with Crippen molar-refractivity contribution < 1.29 is 17.9 Å². The van der Waals surface area contributed by atoms with Gasteiger partial charge >= 0.3 is 6.03 Å². The van der Waals surface area contributed by atoms with Crippen molar-refractivity contribution in [2.24, 2.45) is 5.92 Å². The minimum atomic E-state index is -3.63. The molecule has 0 N–H and O–H groups in total. The van der Waals surface area contributed by atoms with Gasteiger partial charge in [-0.2, -0.15) is 4.31 Å². The lowest BCUT2D eigenvalue weighted by Gasteiger charge is -2.37. The number of ether oxygens (including phenoxy) is 1. The second-order valence-electron chi connectivity index (χ2n) is 6.66. The van der Waals surface area contributed by atoms with Crippen molar-refractivity contribution in [3.63, 3.8) is 0 Å². The SMILES string of the molecule is CC(C)[C@H]1N(C(=O)N2CCOCC2)CCN1S(=O)(=O)c1ccccc1. The van der Waals surface area contributed by atoms with Crippen LogP contribution in [0.3, 0.4) is 0 Å². The molecule has 2 aliphatic heterocycles. The van der Waals surface area contributed by atoms with Crippen molar-refractivity contribution in [3.05, 3.63) is 30.3 Å². The molecule has 25 heavy (non-hydrogen) atoms. The zero-order chi connectivity index (χ0) is 18.0. The second-order valence-corrected chi connectivity index (χ2v) is 8.55. The summed E-state index contributed by atoms with van der Waals surface area (Å²) in [6.07, 6.45) is -0.472. The molecule has 0 spiro atoms. The Hall–Kier alpha value is -1.64. The average Bonchev–Trinajstić information content (AvgIpc) is 3.09. The van der Waals surface area contributed by atoms with Crippen LogP contribution in [-0.2, 0) is 14.8 Å². The van der Waals surface area contributed by atoms with Crippen LogP contribution in [0.15, 0.2) is 35.2 Å². The smallest absolute Gasteiger partial charge is 0.321 e. The van der Waals surface area contributed by atoms with E-state index in [1.54, 1.807) is 40.1 Å². The van der Waals surface area contributed by atoms with E-state index in [1.807, 2.05) is 13.8 Å². The third-order valence-corrected chi connectivity index (χ3v) is 6.53. The maximum atomic E-state index is 13.0. The molecule has 0 radical (unpaired) electrons. The molecule has 0 aliphatic carbocycles. The largest absolute Gasteiger partial charge is 0.378 e. The van der Waals surface area contributed by atoms with Crippen LogP contribution < -0.4 is 0 Å². The van der Waals surface area contributed by atoms with E-state index in [2.05, 4.69) is 0 Å². The van der Waals surface area contributed by atoms with Gasteiger partial charge in [0.1, 0.15) is 6.17 Å². The number of amides is 2. The van der Waals surface area contributed by atoms with Gasteiger partial charge in [0.2, 0.25) is 10.0 Å². The minimum Gasteiger partial charge on any atom is -0.378 e. The molecule has 1 aromatic carbocycles. The molecule has 2 saturated heterocycles. The molecule has 0 bridgehead atoms. The highest BCUT2D eigenvalue weighted by molar-refractivity contribution is 7.89. The highest BCUT2D eigenvalue weighted by atomic mass is 32.2. The fourth-order valence-corrected chi connectivity index (χ4v) is 5.19. The first-order chi connectivity index (χ1) is 11.9. The molecule has 0 unspecified atom stereocenters. The number of nitrogens with zero attached hydrogens (tertiary/aromatic N) is 3. The average molecular weight is 367 g/mol. The zero-order valence-corrected chi connectivity index (χ0v) is 15.5. The van der Waals surface area contributed by atoms with Crippen molar-refractivity contribution in [1.82, 2.24) is 14.1 Å². The number of benzene rings is 1. The van der Waals surface area contributed by atoms with Crippen LogP contribution in [0, 0.1) is 5.92 Å².